The first kappa shape index (κ1) is 14.1. The highest BCUT2D eigenvalue weighted by atomic mass is 15.1. The quantitative estimate of drug-likeness (QED) is 0.566. The second-order valence-corrected chi connectivity index (χ2v) is 5.34. The van der Waals surface area contributed by atoms with Gasteiger partial charge in [0.2, 0.25) is 0 Å². The van der Waals surface area contributed by atoms with Crippen molar-refractivity contribution in [1.82, 2.24) is 5.32 Å². The van der Waals surface area contributed by atoms with E-state index in [1.165, 1.54) is 44.1 Å². The Morgan fingerprint density at radius 1 is 0.895 bits per heavy atom. The lowest BCUT2D eigenvalue weighted by atomic mass is 10.0. The molecule has 1 radical (unpaired) electrons. The van der Waals surface area contributed by atoms with E-state index in [9.17, 15) is 0 Å². The number of amidine groups is 1. The molecule has 2 nitrogen and oxygen atoms in total. The van der Waals surface area contributed by atoms with Gasteiger partial charge in [-0.05, 0) is 30.9 Å². The van der Waals surface area contributed by atoms with Gasteiger partial charge in [-0.1, -0.05) is 51.7 Å². The zero-order valence-corrected chi connectivity index (χ0v) is 12.3. The van der Waals surface area contributed by atoms with Crippen molar-refractivity contribution in [3.8, 4) is 0 Å². The van der Waals surface area contributed by atoms with E-state index < -0.39 is 0 Å². The molecule has 19 heavy (non-hydrogen) atoms. The van der Waals surface area contributed by atoms with E-state index in [4.69, 9.17) is 4.99 Å². The molecule has 0 N–H and O–H groups in total. The van der Waals surface area contributed by atoms with Gasteiger partial charge in [0, 0.05) is 6.42 Å². The van der Waals surface area contributed by atoms with Crippen molar-refractivity contribution in [3.05, 3.63) is 23.8 Å². The lowest BCUT2D eigenvalue weighted by molar-refractivity contribution is 0.718. The summed E-state index contributed by atoms with van der Waals surface area (Å²) < 4.78 is 0. The molecule has 0 saturated carbocycles. The highest BCUT2D eigenvalue weighted by Gasteiger charge is 2.17. The van der Waals surface area contributed by atoms with Crippen LogP contribution in [-0.2, 0) is 6.42 Å². The van der Waals surface area contributed by atoms with Crippen LogP contribution in [0.5, 0.6) is 0 Å². The minimum Gasteiger partial charge on any atom is -0.231 e. The summed E-state index contributed by atoms with van der Waals surface area (Å²) in [5.74, 6) is 1.03. The number of aryl methyl sites for hydroxylation is 1. The molecule has 2 heteroatoms. The number of unbranched alkanes of at least 4 members (excludes halogenated alkanes) is 4. The fraction of sp³-hybridized carbons (Fsp3) is 0.588. The van der Waals surface area contributed by atoms with Crippen molar-refractivity contribution < 1.29 is 0 Å². The van der Waals surface area contributed by atoms with Gasteiger partial charge in [-0.15, -0.1) is 0 Å². The molecule has 0 bridgehead atoms. The van der Waals surface area contributed by atoms with E-state index in [-0.39, 0.29) is 0 Å². The zero-order valence-electron chi connectivity index (χ0n) is 12.3. The Morgan fingerprint density at radius 2 is 1.63 bits per heavy atom. The van der Waals surface area contributed by atoms with Crippen molar-refractivity contribution in [2.75, 3.05) is 0 Å². The molecule has 0 fully saturated rings. The molecule has 1 aromatic carbocycles. The lowest BCUT2D eigenvalue weighted by Gasteiger charge is -2.04. The average molecular weight is 257 g/mol. The molecule has 0 aliphatic carbocycles. The van der Waals surface area contributed by atoms with Crippen LogP contribution in [0.2, 0.25) is 0 Å². The molecule has 0 unspecified atom stereocenters. The number of aliphatic imine (C=N–C) groups is 1. The van der Waals surface area contributed by atoms with Gasteiger partial charge in [0.05, 0.1) is 11.4 Å². The maximum atomic E-state index is 4.75. The third-order valence-corrected chi connectivity index (χ3v) is 3.64. The van der Waals surface area contributed by atoms with Gasteiger partial charge in [-0.3, -0.25) is 0 Å². The van der Waals surface area contributed by atoms with Crippen molar-refractivity contribution in [2.45, 2.75) is 65.2 Å². The Balaban J connectivity index is 1.99. The monoisotopic (exact) mass is 257 g/mol. The van der Waals surface area contributed by atoms with Gasteiger partial charge >= 0.3 is 0 Å². The van der Waals surface area contributed by atoms with Crippen LogP contribution in [0.1, 0.15) is 64.4 Å². The molecule has 1 aliphatic rings. The second kappa shape index (κ2) is 7.32. The maximum absolute atomic E-state index is 4.75. The van der Waals surface area contributed by atoms with Gasteiger partial charge < -0.3 is 0 Å². The topological polar surface area (TPSA) is 26.5 Å². The predicted molar refractivity (Wildman–Crippen MR) is 82.7 cm³/mol. The molecule has 1 aromatic rings. The standard InChI is InChI=1S/C17H25N2/c1-3-5-7-10-14-11-9-12-15-17(14)19-16(18-15)13-8-6-4-2/h9,11-12H,3-8,10,13H2,1-2H3. The summed E-state index contributed by atoms with van der Waals surface area (Å²) >= 11 is 0. The summed E-state index contributed by atoms with van der Waals surface area (Å²) in [7, 11) is 0. The predicted octanol–water partition coefficient (Wildman–Crippen LogP) is 5.28. The molecule has 0 spiro atoms. The van der Waals surface area contributed by atoms with Crippen LogP contribution in [-0.4, -0.2) is 5.84 Å². The van der Waals surface area contributed by atoms with E-state index in [0.29, 0.717) is 0 Å². The van der Waals surface area contributed by atoms with Crippen LogP contribution in [0.3, 0.4) is 0 Å². The van der Waals surface area contributed by atoms with Crippen LogP contribution in [0.4, 0.5) is 11.4 Å². The Kier molecular flexibility index (Phi) is 5.44. The van der Waals surface area contributed by atoms with E-state index in [1.807, 2.05) is 0 Å². The lowest BCUT2D eigenvalue weighted by Crippen LogP contribution is -2.05. The Bertz CT molecular complexity index is 435. The third-order valence-electron chi connectivity index (χ3n) is 3.64. The van der Waals surface area contributed by atoms with Crippen molar-refractivity contribution >= 4 is 17.2 Å². The minimum absolute atomic E-state index is 1.02. The van der Waals surface area contributed by atoms with E-state index in [1.54, 1.807) is 0 Å². The fourth-order valence-electron chi connectivity index (χ4n) is 2.50. The number of para-hydroxylation sites is 1. The van der Waals surface area contributed by atoms with Gasteiger partial charge in [-0.2, -0.15) is 0 Å². The van der Waals surface area contributed by atoms with Crippen LogP contribution in [0.25, 0.3) is 0 Å². The number of benzene rings is 1. The highest BCUT2D eigenvalue weighted by molar-refractivity contribution is 5.96. The molecular formula is C17H25N2. The average Bonchev–Trinajstić information content (AvgIpc) is 2.83. The van der Waals surface area contributed by atoms with Gasteiger partial charge in [-0.25, -0.2) is 10.3 Å². The van der Waals surface area contributed by atoms with E-state index >= 15 is 0 Å². The summed E-state index contributed by atoms with van der Waals surface area (Å²) in [6.45, 7) is 4.48. The molecule has 103 valence electrons. The first-order valence-electron chi connectivity index (χ1n) is 7.76. The van der Waals surface area contributed by atoms with Crippen molar-refractivity contribution in [2.24, 2.45) is 4.99 Å². The van der Waals surface area contributed by atoms with Crippen molar-refractivity contribution in [1.29, 1.82) is 0 Å². The molecule has 2 rings (SSSR count). The SMILES string of the molecule is CCCCCC1=Nc2c(CCCCC)cccc2[N]1. The summed E-state index contributed by atoms with van der Waals surface area (Å²) in [6, 6.07) is 6.42. The van der Waals surface area contributed by atoms with Gasteiger partial charge in [0.15, 0.2) is 0 Å². The Morgan fingerprint density at radius 3 is 2.37 bits per heavy atom. The molecule has 0 amide bonds. The molecule has 0 aromatic heterocycles. The fourth-order valence-corrected chi connectivity index (χ4v) is 2.50. The van der Waals surface area contributed by atoms with E-state index in [2.05, 4.69) is 37.4 Å². The first-order chi connectivity index (χ1) is 9.35. The summed E-state index contributed by atoms with van der Waals surface area (Å²) in [6.07, 6.45) is 9.72. The van der Waals surface area contributed by atoms with Crippen LogP contribution in [0.15, 0.2) is 23.2 Å². The number of nitrogens with zero attached hydrogens (tertiary/aromatic N) is 2. The minimum atomic E-state index is 1.02. The van der Waals surface area contributed by atoms with Crippen LogP contribution < -0.4 is 5.32 Å². The third kappa shape index (κ3) is 3.82. The molecular weight excluding hydrogens is 232 g/mol. The molecule has 1 aliphatic heterocycles. The van der Waals surface area contributed by atoms with E-state index in [0.717, 1.165) is 30.1 Å². The molecule has 0 atom stereocenters. The highest BCUT2D eigenvalue weighted by Crippen LogP contribution is 2.35. The largest absolute Gasteiger partial charge is 0.231 e. The Hall–Kier alpha value is -1.31. The number of rotatable bonds is 8. The summed E-state index contributed by atoms with van der Waals surface area (Å²) in [4.78, 5) is 4.75. The molecule has 1 heterocycles. The Labute approximate surface area is 117 Å². The zero-order chi connectivity index (χ0) is 13.5. The molecule has 0 saturated heterocycles. The van der Waals surface area contributed by atoms with Crippen LogP contribution in [0, 0.1) is 0 Å². The first-order valence-corrected chi connectivity index (χ1v) is 7.76. The number of hydrogen-bond acceptors (Lipinski definition) is 1. The normalized spacial score (nSPS) is 13.1. The van der Waals surface area contributed by atoms with Gasteiger partial charge in [0.25, 0.3) is 0 Å². The second-order valence-electron chi connectivity index (χ2n) is 5.34. The van der Waals surface area contributed by atoms with Gasteiger partial charge in [0.1, 0.15) is 5.84 Å². The number of hydrogen-bond donors (Lipinski definition) is 0. The number of fused-ring (bicyclic) bond motifs is 1. The maximum Gasteiger partial charge on any atom is 0.129 e. The van der Waals surface area contributed by atoms with Crippen LogP contribution >= 0.6 is 0 Å². The summed E-state index contributed by atoms with van der Waals surface area (Å²) in [5.41, 5.74) is 3.60. The summed E-state index contributed by atoms with van der Waals surface area (Å²) in [5, 5.41) is 4.66. The van der Waals surface area contributed by atoms with Crippen molar-refractivity contribution in [3.63, 3.8) is 0 Å². The smallest absolute Gasteiger partial charge is 0.129 e.